The molecule has 0 aliphatic carbocycles. The second-order valence-electron chi connectivity index (χ2n) is 5.82. The predicted octanol–water partition coefficient (Wildman–Crippen LogP) is 4.90. The Morgan fingerprint density at radius 3 is 2.68 bits per heavy atom. The minimum absolute atomic E-state index is 0.117. The summed E-state index contributed by atoms with van der Waals surface area (Å²) in [6.45, 7) is 0. The second kappa shape index (κ2) is 8.20. The molecule has 0 bridgehead atoms. The number of furan rings is 1. The molecule has 2 N–H and O–H groups in total. The van der Waals surface area contributed by atoms with Crippen LogP contribution in [-0.4, -0.2) is 16.8 Å². The van der Waals surface area contributed by atoms with Gasteiger partial charge in [0.05, 0.1) is 18.4 Å². The zero-order chi connectivity index (χ0) is 19.3. The Morgan fingerprint density at radius 2 is 1.89 bits per heavy atom. The lowest BCUT2D eigenvalue weighted by Gasteiger charge is -2.09. The molecule has 0 unspecified atom stereocenters. The van der Waals surface area contributed by atoms with Crippen LogP contribution in [0.3, 0.4) is 0 Å². The Bertz CT molecular complexity index is 1090. The number of aromatic nitrogens is 1. The maximum absolute atomic E-state index is 12.5. The van der Waals surface area contributed by atoms with Crippen LogP contribution in [0.5, 0.6) is 0 Å². The topological polar surface area (TPSA) is 84.2 Å². The summed E-state index contributed by atoms with van der Waals surface area (Å²) in [5.41, 5.74) is 2.33. The first kappa shape index (κ1) is 18.1. The molecule has 0 radical (unpaired) electrons. The van der Waals surface area contributed by atoms with Gasteiger partial charge in [-0.05, 0) is 29.6 Å². The quantitative estimate of drug-likeness (QED) is 0.474. The van der Waals surface area contributed by atoms with Crippen LogP contribution in [0, 0.1) is 0 Å². The van der Waals surface area contributed by atoms with Gasteiger partial charge in [0.1, 0.15) is 0 Å². The fraction of sp³-hybridized carbons (Fsp3) is 0.0500. The van der Waals surface area contributed by atoms with E-state index in [1.54, 1.807) is 28.8 Å². The summed E-state index contributed by atoms with van der Waals surface area (Å²) in [4.78, 5) is 29.8. The molecule has 2 amide bonds. The van der Waals surface area contributed by atoms with Crippen molar-refractivity contribution in [1.29, 1.82) is 0 Å². The van der Waals surface area contributed by atoms with Crippen LogP contribution in [0.1, 0.15) is 16.2 Å². The Kier molecular flexibility index (Phi) is 5.31. The van der Waals surface area contributed by atoms with E-state index in [1.165, 1.54) is 17.6 Å². The molecule has 8 heteroatoms. The van der Waals surface area contributed by atoms with Crippen molar-refractivity contribution in [3.63, 3.8) is 0 Å². The molecular formula is C20H15N3O3S2. The minimum Gasteiger partial charge on any atom is -0.459 e. The molecule has 4 aromatic rings. The number of amides is 2. The molecule has 1 aromatic carbocycles. The Labute approximate surface area is 168 Å². The fourth-order valence-electron chi connectivity index (χ4n) is 2.61. The van der Waals surface area contributed by atoms with Gasteiger partial charge in [-0.1, -0.05) is 24.3 Å². The molecular weight excluding hydrogens is 394 g/mol. The minimum atomic E-state index is -0.375. The van der Waals surface area contributed by atoms with Gasteiger partial charge in [0, 0.05) is 21.5 Å². The summed E-state index contributed by atoms with van der Waals surface area (Å²) >= 11 is 2.88. The average Bonchev–Trinajstić information content (AvgIpc) is 3.45. The van der Waals surface area contributed by atoms with E-state index in [4.69, 9.17) is 4.42 Å². The maximum Gasteiger partial charge on any atom is 0.293 e. The smallest absolute Gasteiger partial charge is 0.293 e. The van der Waals surface area contributed by atoms with E-state index in [0.29, 0.717) is 10.8 Å². The third-order valence-electron chi connectivity index (χ3n) is 3.85. The number of carbonyl (C=O) groups excluding carboxylic acids is 2. The molecule has 0 fully saturated rings. The van der Waals surface area contributed by atoms with Crippen molar-refractivity contribution in [2.75, 3.05) is 10.6 Å². The zero-order valence-electron chi connectivity index (χ0n) is 14.5. The fourth-order valence-corrected chi connectivity index (χ4v) is 4.08. The average molecular weight is 409 g/mol. The molecule has 3 heterocycles. The molecule has 6 nitrogen and oxygen atoms in total. The van der Waals surface area contributed by atoms with Gasteiger partial charge in [0.25, 0.3) is 5.91 Å². The Morgan fingerprint density at radius 1 is 1.00 bits per heavy atom. The number of carbonyl (C=O) groups is 2. The summed E-state index contributed by atoms with van der Waals surface area (Å²) in [5.74, 6) is -0.335. The van der Waals surface area contributed by atoms with E-state index >= 15 is 0 Å². The summed E-state index contributed by atoms with van der Waals surface area (Å²) in [6, 6.07) is 14.9. The van der Waals surface area contributed by atoms with Crippen molar-refractivity contribution in [2.45, 2.75) is 6.42 Å². The Hall–Kier alpha value is -3.23. The number of para-hydroxylation sites is 1. The normalized spacial score (nSPS) is 10.6. The lowest BCUT2D eigenvalue weighted by Crippen LogP contribution is -2.15. The van der Waals surface area contributed by atoms with Gasteiger partial charge in [-0.2, -0.15) is 0 Å². The molecule has 0 saturated carbocycles. The predicted molar refractivity (Wildman–Crippen MR) is 111 cm³/mol. The number of hydrogen-bond acceptors (Lipinski definition) is 6. The number of thiophene rings is 1. The first-order valence-electron chi connectivity index (χ1n) is 8.41. The van der Waals surface area contributed by atoms with E-state index < -0.39 is 0 Å². The van der Waals surface area contributed by atoms with Crippen molar-refractivity contribution in [2.24, 2.45) is 0 Å². The third kappa shape index (κ3) is 4.19. The number of benzene rings is 1. The van der Waals surface area contributed by atoms with E-state index in [2.05, 4.69) is 15.6 Å². The number of rotatable bonds is 6. The standard InChI is InChI=1S/C20H15N3O3S2/c24-18(22-15-6-2-1-5-14(15)17-8-4-10-27-17)11-13-12-28-20(21-13)23-19(25)16-7-3-9-26-16/h1-10,12H,11H2,(H,22,24)(H,21,23,25). The number of hydrogen-bond donors (Lipinski definition) is 2. The van der Waals surface area contributed by atoms with Gasteiger partial charge in [-0.15, -0.1) is 22.7 Å². The number of anilines is 2. The molecule has 3 aromatic heterocycles. The first-order valence-corrected chi connectivity index (χ1v) is 10.2. The van der Waals surface area contributed by atoms with Gasteiger partial charge < -0.3 is 9.73 Å². The second-order valence-corrected chi connectivity index (χ2v) is 7.63. The van der Waals surface area contributed by atoms with Crippen molar-refractivity contribution in [3.05, 3.63) is 77.0 Å². The molecule has 0 aliphatic heterocycles. The highest BCUT2D eigenvalue weighted by Gasteiger charge is 2.14. The summed E-state index contributed by atoms with van der Waals surface area (Å²) in [5, 5.41) is 9.78. The molecule has 28 heavy (non-hydrogen) atoms. The molecule has 0 saturated heterocycles. The first-order chi connectivity index (χ1) is 13.7. The number of nitrogens with one attached hydrogen (secondary N) is 2. The van der Waals surface area contributed by atoms with Gasteiger partial charge in [0.15, 0.2) is 10.9 Å². The zero-order valence-corrected chi connectivity index (χ0v) is 16.2. The van der Waals surface area contributed by atoms with E-state index in [0.717, 1.165) is 16.1 Å². The van der Waals surface area contributed by atoms with Crippen LogP contribution in [0.15, 0.2) is 70.0 Å². The lowest BCUT2D eigenvalue weighted by atomic mass is 10.1. The molecule has 0 spiro atoms. The summed E-state index contributed by atoms with van der Waals surface area (Å²) < 4.78 is 5.05. The van der Waals surface area contributed by atoms with Crippen molar-refractivity contribution < 1.29 is 14.0 Å². The van der Waals surface area contributed by atoms with Crippen LogP contribution in [0.4, 0.5) is 10.8 Å². The van der Waals surface area contributed by atoms with Crippen molar-refractivity contribution in [1.82, 2.24) is 4.98 Å². The SMILES string of the molecule is O=C(Cc1csc(NC(=O)c2ccco2)n1)Nc1ccccc1-c1cccs1. The maximum atomic E-state index is 12.5. The van der Waals surface area contributed by atoms with Gasteiger partial charge in [-0.25, -0.2) is 4.98 Å². The molecule has 0 aliphatic rings. The highest BCUT2D eigenvalue weighted by molar-refractivity contribution is 7.14. The Balaban J connectivity index is 1.40. The van der Waals surface area contributed by atoms with Gasteiger partial charge in [-0.3, -0.25) is 14.9 Å². The molecule has 0 atom stereocenters. The van der Waals surface area contributed by atoms with Crippen molar-refractivity contribution >= 4 is 45.3 Å². The number of nitrogens with zero attached hydrogens (tertiary/aromatic N) is 1. The highest BCUT2D eigenvalue weighted by Crippen LogP contribution is 2.31. The van der Waals surface area contributed by atoms with Crippen LogP contribution >= 0.6 is 22.7 Å². The van der Waals surface area contributed by atoms with Crippen molar-refractivity contribution in [3.8, 4) is 10.4 Å². The van der Waals surface area contributed by atoms with Crippen LogP contribution < -0.4 is 10.6 Å². The monoisotopic (exact) mass is 409 g/mol. The van der Waals surface area contributed by atoms with E-state index in [1.807, 2.05) is 41.8 Å². The number of thiazole rings is 1. The van der Waals surface area contributed by atoms with E-state index in [9.17, 15) is 9.59 Å². The highest BCUT2D eigenvalue weighted by atomic mass is 32.1. The van der Waals surface area contributed by atoms with Crippen LogP contribution in [0.2, 0.25) is 0 Å². The summed E-state index contributed by atoms with van der Waals surface area (Å²) in [6.07, 6.45) is 1.55. The third-order valence-corrected chi connectivity index (χ3v) is 5.56. The summed E-state index contributed by atoms with van der Waals surface area (Å²) in [7, 11) is 0. The molecule has 140 valence electrons. The van der Waals surface area contributed by atoms with Gasteiger partial charge >= 0.3 is 0 Å². The molecule has 4 rings (SSSR count). The largest absolute Gasteiger partial charge is 0.459 e. The van der Waals surface area contributed by atoms with Gasteiger partial charge in [0.2, 0.25) is 5.91 Å². The lowest BCUT2D eigenvalue weighted by molar-refractivity contribution is -0.115. The van der Waals surface area contributed by atoms with E-state index in [-0.39, 0.29) is 24.0 Å². The van der Waals surface area contributed by atoms with Crippen LogP contribution in [0.25, 0.3) is 10.4 Å². The van der Waals surface area contributed by atoms with Crippen LogP contribution in [-0.2, 0) is 11.2 Å².